The molecular formula is C24H35IN4O3. The van der Waals surface area contributed by atoms with Crippen molar-refractivity contribution in [1.82, 2.24) is 15.6 Å². The lowest BCUT2D eigenvalue weighted by Crippen LogP contribution is -2.36. The standard InChI is InChI=1S/C24H34N4O3.HI/c1-4-10-30-23-8-6-19(13-26-23)14-27-24(25-3)28-15-21-7-5-18(2)12-22(21)31-17-20-9-11-29-16-20;/h5-8,12-13,20H,4,9-11,14-17H2,1-3H3,(H2,25,27,28);1H. The summed E-state index contributed by atoms with van der Waals surface area (Å²) in [5.74, 6) is 2.77. The topological polar surface area (TPSA) is 77.0 Å². The predicted octanol–water partition coefficient (Wildman–Crippen LogP) is 4.08. The molecule has 32 heavy (non-hydrogen) atoms. The van der Waals surface area contributed by atoms with Crippen LogP contribution in [0.15, 0.2) is 41.5 Å². The van der Waals surface area contributed by atoms with Crippen molar-refractivity contribution in [2.45, 2.75) is 39.8 Å². The number of rotatable bonds is 10. The number of ether oxygens (including phenoxy) is 3. The molecule has 3 rings (SSSR count). The van der Waals surface area contributed by atoms with Crippen LogP contribution in [0.2, 0.25) is 0 Å². The molecule has 1 aromatic carbocycles. The van der Waals surface area contributed by atoms with Crippen molar-refractivity contribution in [2.24, 2.45) is 10.9 Å². The molecule has 2 aromatic rings. The average molecular weight is 554 g/mol. The van der Waals surface area contributed by atoms with Gasteiger partial charge in [-0.05, 0) is 37.0 Å². The van der Waals surface area contributed by atoms with Crippen molar-refractivity contribution in [3.63, 3.8) is 0 Å². The largest absolute Gasteiger partial charge is 0.493 e. The van der Waals surface area contributed by atoms with E-state index >= 15 is 0 Å². The maximum Gasteiger partial charge on any atom is 0.213 e. The molecule has 1 aliphatic rings. The second kappa shape index (κ2) is 14.2. The number of nitrogens with zero attached hydrogens (tertiary/aromatic N) is 2. The number of guanidine groups is 1. The van der Waals surface area contributed by atoms with Crippen molar-refractivity contribution in [1.29, 1.82) is 0 Å². The number of aryl methyl sites for hydroxylation is 1. The molecule has 1 aromatic heterocycles. The van der Waals surface area contributed by atoms with Gasteiger partial charge in [0.15, 0.2) is 5.96 Å². The monoisotopic (exact) mass is 554 g/mol. The zero-order valence-corrected chi connectivity index (χ0v) is 21.6. The molecule has 8 heteroatoms. The zero-order valence-electron chi connectivity index (χ0n) is 19.2. The van der Waals surface area contributed by atoms with E-state index in [4.69, 9.17) is 14.2 Å². The number of pyridine rings is 1. The summed E-state index contributed by atoms with van der Waals surface area (Å²) in [5.41, 5.74) is 3.35. The molecule has 1 aliphatic heterocycles. The maximum absolute atomic E-state index is 6.14. The molecule has 0 radical (unpaired) electrons. The Bertz CT molecular complexity index is 840. The summed E-state index contributed by atoms with van der Waals surface area (Å²) in [5, 5.41) is 6.70. The molecule has 1 saturated heterocycles. The Morgan fingerprint density at radius 1 is 1.19 bits per heavy atom. The summed E-state index contributed by atoms with van der Waals surface area (Å²) < 4.78 is 17.1. The van der Waals surface area contributed by atoms with Gasteiger partial charge in [-0.25, -0.2) is 4.98 Å². The predicted molar refractivity (Wildman–Crippen MR) is 138 cm³/mol. The summed E-state index contributed by atoms with van der Waals surface area (Å²) >= 11 is 0. The first-order valence-electron chi connectivity index (χ1n) is 11.0. The smallest absolute Gasteiger partial charge is 0.213 e. The van der Waals surface area contributed by atoms with Crippen molar-refractivity contribution < 1.29 is 14.2 Å². The molecule has 2 heterocycles. The minimum atomic E-state index is 0. The summed E-state index contributed by atoms with van der Waals surface area (Å²) in [4.78, 5) is 8.66. The van der Waals surface area contributed by atoms with Gasteiger partial charge in [-0.3, -0.25) is 4.99 Å². The van der Waals surface area contributed by atoms with Gasteiger partial charge in [-0.2, -0.15) is 0 Å². The van der Waals surface area contributed by atoms with E-state index in [0.29, 0.717) is 38.1 Å². The third-order valence-electron chi connectivity index (χ3n) is 5.10. The summed E-state index contributed by atoms with van der Waals surface area (Å²) in [6, 6.07) is 10.2. The van der Waals surface area contributed by atoms with Crippen LogP contribution in [0.5, 0.6) is 11.6 Å². The highest BCUT2D eigenvalue weighted by atomic mass is 127. The summed E-state index contributed by atoms with van der Waals surface area (Å²) in [6.45, 7) is 8.40. The van der Waals surface area contributed by atoms with Crippen LogP contribution in [0.3, 0.4) is 0 Å². The Kier molecular flexibility index (Phi) is 11.6. The van der Waals surface area contributed by atoms with Crippen LogP contribution >= 0.6 is 24.0 Å². The molecular weight excluding hydrogens is 519 g/mol. The Morgan fingerprint density at radius 2 is 2.03 bits per heavy atom. The highest BCUT2D eigenvalue weighted by Crippen LogP contribution is 2.22. The molecule has 1 unspecified atom stereocenters. The Hall–Kier alpha value is -2.07. The van der Waals surface area contributed by atoms with Crippen molar-refractivity contribution in [3.8, 4) is 11.6 Å². The average Bonchev–Trinajstić information content (AvgIpc) is 3.32. The lowest BCUT2D eigenvalue weighted by atomic mass is 10.1. The van der Waals surface area contributed by atoms with Crippen LogP contribution < -0.4 is 20.1 Å². The molecule has 0 saturated carbocycles. The van der Waals surface area contributed by atoms with E-state index in [2.05, 4.69) is 52.7 Å². The van der Waals surface area contributed by atoms with Gasteiger partial charge in [0.2, 0.25) is 5.88 Å². The number of nitrogens with one attached hydrogen (secondary N) is 2. The fourth-order valence-corrected chi connectivity index (χ4v) is 3.26. The third kappa shape index (κ3) is 8.46. The molecule has 1 atom stereocenters. The Balaban J connectivity index is 0.00000363. The maximum atomic E-state index is 6.14. The Labute approximate surface area is 208 Å². The van der Waals surface area contributed by atoms with Gasteiger partial charge in [0.1, 0.15) is 5.75 Å². The lowest BCUT2D eigenvalue weighted by Gasteiger charge is -2.17. The first-order chi connectivity index (χ1) is 15.2. The number of aromatic nitrogens is 1. The quantitative estimate of drug-likeness (QED) is 0.262. The van der Waals surface area contributed by atoms with Gasteiger partial charge in [0.05, 0.1) is 19.8 Å². The number of hydrogen-bond acceptors (Lipinski definition) is 5. The molecule has 7 nitrogen and oxygen atoms in total. The fourth-order valence-electron chi connectivity index (χ4n) is 3.26. The SMILES string of the molecule is CCCOc1ccc(CNC(=NC)NCc2ccc(C)cc2OCC2CCOC2)cn1.I. The number of halogens is 1. The van der Waals surface area contributed by atoms with Crippen LogP contribution in [-0.2, 0) is 17.8 Å². The van der Waals surface area contributed by atoms with Gasteiger partial charge in [-0.15, -0.1) is 24.0 Å². The molecule has 2 N–H and O–H groups in total. The van der Waals surface area contributed by atoms with Gasteiger partial charge < -0.3 is 24.8 Å². The molecule has 0 aliphatic carbocycles. The van der Waals surface area contributed by atoms with E-state index in [-0.39, 0.29) is 24.0 Å². The lowest BCUT2D eigenvalue weighted by molar-refractivity contribution is 0.166. The van der Waals surface area contributed by atoms with Crippen molar-refractivity contribution >= 4 is 29.9 Å². The number of aliphatic imine (C=N–C) groups is 1. The summed E-state index contributed by atoms with van der Waals surface area (Å²) in [6.07, 6.45) is 3.86. The van der Waals surface area contributed by atoms with E-state index in [1.807, 2.05) is 18.3 Å². The molecule has 1 fully saturated rings. The highest BCUT2D eigenvalue weighted by Gasteiger charge is 2.17. The van der Waals surface area contributed by atoms with Crippen molar-refractivity contribution in [3.05, 3.63) is 53.2 Å². The van der Waals surface area contributed by atoms with E-state index in [1.165, 1.54) is 5.56 Å². The molecule has 0 bridgehead atoms. The van der Waals surface area contributed by atoms with Crippen molar-refractivity contribution in [2.75, 3.05) is 33.5 Å². The zero-order chi connectivity index (χ0) is 21.9. The van der Waals surface area contributed by atoms with E-state index < -0.39 is 0 Å². The van der Waals surface area contributed by atoms with E-state index in [1.54, 1.807) is 7.05 Å². The van der Waals surface area contributed by atoms with Crippen LogP contribution in [0.4, 0.5) is 0 Å². The molecule has 0 amide bonds. The fraction of sp³-hybridized carbons (Fsp3) is 0.500. The second-order valence-electron chi connectivity index (χ2n) is 7.78. The van der Waals surface area contributed by atoms with E-state index in [9.17, 15) is 0 Å². The third-order valence-corrected chi connectivity index (χ3v) is 5.10. The Morgan fingerprint density at radius 3 is 2.72 bits per heavy atom. The normalized spacial score (nSPS) is 15.7. The van der Waals surface area contributed by atoms with Gasteiger partial charge in [-0.1, -0.05) is 25.1 Å². The van der Waals surface area contributed by atoms with Gasteiger partial charge >= 0.3 is 0 Å². The van der Waals surface area contributed by atoms with Crippen LogP contribution in [0.1, 0.15) is 36.5 Å². The minimum absolute atomic E-state index is 0. The van der Waals surface area contributed by atoms with E-state index in [0.717, 1.165) is 48.9 Å². The molecule has 176 valence electrons. The van der Waals surface area contributed by atoms with Gasteiger partial charge in [0.25, 0.3) is 0 Å². The number of benzene rings is 1. The summed E-state index contributed by atoms with van der Waals surface area (Å²) in [7, 11) is 1.77. The van der Waals surface area contributed by atoms with Crippen LogP contribution in [0.25, 0.3) is 0 Å². The first-order valence-corrected chi connectivity index (χ1v) is 11.0. The van der Waals surface area contributed by atoms with Crippen LogP contribution in [0, 0.1) is 12.8 Å². The first kappa shape index (κ1) is 26.2. The second-order valence-corrected chi connectivity index (χ2v) is 7.78. The van der Waals surface area contributed by atoms with Gasteiger partial charge in [0, 0.05) is 50.5 Å². The molecule has 0 spiro atoms. The minimum Gasteiger partial charge on any atom is -0.493 e. The number of hydrogen-bond donors (Lipinski definition) is 2. The van der Waals surface area contributed by atoms with Crippen LogP contribution in [-0.4, -0.2) is 44.4 Å². The highest BCUT2D eigenvalue weighted by molar-refractivity contribution is 14.0.